The molecule has 5 rings (SSSR count). The van der Waals surface area contributed by atoms with Crippen molar-refractivity contribution in [3.8, 4) is 11.3 Å². The molecule has 0 spiro atoms. The molecule has 2 aromatic carbocycles. The molecule has 7 nitrogen and oxygen atoms in total. The monoisotopic (exact) mass is 494 g/mol. The lowest BCUT2D eigenvalue weighted by Gasteiger charge is -2.26. The van der Waals surface area contributed by atoms with Crippen LogP contribution in [0.5, 0.6) is 0 Å². The van der Waals surface area contributed by atoms with Crippen LogP contribution in [0.4, 0.5) is 5.82 Å². The summed E-state index contributed by atoms with van der Waals surface area (Å²) in [6, 6.07) is 19.5. The number of pyridine rings is 1. The second-order valence-electron chi connectivity index (χ2n) is 8.17. The van der Waals surface area contributed by atoms with Gasteiger partial charge in [-0.1, -0.05) is 54.4 Å². The summed E-state index contributed by atoms with van der Waals surface area (Å²) in [6.07, 6.45) is 4.45. The van der Waals surface area contributed by atoms with Crippen molar-refractivity contribution >= 4 is 39.0 Å². The van der Waals surface area contributed by atoms with E-state index in [-0.39, 0.29) is 15.5 Å². The Morgan fingerprint density at radius 3 is 2.44 bits per heavy atom. The number of hydrogen-bond acceptors (Lipinski definition) is 4. The second kappa shape index (κ2) is 9.21. The number of hydrogen-bond donors (Lipinski definition) is 1. The van der Waals surface area contributed by atoms with E-state index in [0.29, 0.717) is 30.2 Å². The minimum atomic E-state index is -3.79. The van der Waals surface area contributed by atoms with E-state index in [4.69, 9.17) is 11.6 Å². The van der Waals surface area contributed by atoms with Crippen LogP contribution >= 0.6 is 11.6 Å². The number of nitrogens with one attached hydrogen (secondary N) is 1. The number of carbonyl (C=O) groups excluding carboxylic acids is 1. The average molecular weight is 495 g/mol. The Labute approximate surface area is 203 Å². The summed E-state index contributed by atoms with van der Waals surface area (Å²) in [5.41, 5.74) is 2.35. The summed E-state index contributed by atoms with van der Waals surface area (Å²) < 4.78 is 29.7. The molecule has 174 valence electrons. The lowest BCUT2D eigenvalue weighted by molar-refractivity contribution is 0.102. The molecule has 1 amide bonds. The third-order valence-electron chi connectivity index (χ3n) is 5.94. The second-order valence-corrected chi connectivity index (χ2v) is 10.5. The highest BCUT2D eigenvalue weighted by molar-refractivity contribution is 7.89. The van der Waals surface area contributed by atoms with E-state index in [2.05, 4.69) is 10.3 Å². The van der Waals surface area contributed by atoms with Gasteiger partial charge in [0.1, 0.15) is 22.1 Å². The van der Waals surface area contributed by atoms with Crippen molar-refractivity contribution in [2.45, 2.75) is 24.2 Å². The highest BCUT2D eigenvalue weighted by Gasteiger charge is 2.29. The molecular formula is C25H23ClN4O3S. The lowest BCUT2D eigenvalue weighted by atomic mass is 10.1. The van der Waals surface area contributed by atoms with Crippen molar-refractivity contribution < 1.29 is 13.2 Å². The predicted molar refractivity (Wildman–Crippen MR) is 133 cm³/mol. The van der Waals surface area contributed by atoms with Crippen LogP contribution < -0.4 is 5.32 Å². The molecule has 0 aliphatic carbocycles. The fourth-order valence-corrected chi connectivity index (χ4v) is 6.20. The van der Waals surface area contributed by atoms with Crippen molar-refractivity contribution in [2.75, 3.05) is 18.4 Å². The third kappa shape index (κ3) is 4.20. The van der Waals surface area contributed by atoms with Crippen LogP contribution in [0, 0.1) is 0 Å². The predicted octanol–water partition coefficient (Wildman–Crippen LogP) is 5.08. The Kier molecular flexibility index (Phi) is 6.12. The number of carbonyl (C=O) groups is 1. The van der Waals surface area contributed by atoms with Crippen LogP contribution in [0.25, 0.3) is 16.9 Å². The first kappa shape index (κ1) is 22.6. The molecule has 1 aliphatic heterocycles. The van der Waals surface area contributed by atoms with E-state index in [1.165, 1.54) is 22.5 Å². The number of halogens is 1. The van der Waals surface area contributed by atoms with Crippen molar-refractivity contribution in [1.82, 2.24) is 13.7 Å². The molecule has 1 N–H and O–H groups in total. The number of benzene rings is 2. The zero-order valence-electron chi connectivity index (χ0n) is 18.3. The van der Waals surface area contributed by atoms with Gasteiger partial charge >= 0.3 is 0 Å². The first-order valence-electron chi connectivity index (χ1n) is 11.1. The van der Waals surface area contributed by atoms with Crippen LogP contribution in [0.1, 0.15) is 29.6 Å². The van der Waals surface area contributed by atoms with Gasteiger partial charge in [0.2, 0.25) is 10.0 Å². The molecule has 0 radical (unpaired) electrons. The van der Waals surface area contributed by atoms with Crippen LogP contribution in [-0.4, -0.2) is 41.1 Å². The lowest BCUT2D eigenvalue weighted by Crippen LogP contribution is -2.35. The fourth-order valence-electron chi connectivity index (χ4n) is 4.18. The number of amides is 1. The maximum absolute atomic E-state index is 13.3. The zero-order chi connectivity index (χ0) is 23.7. The number of piperidine rings is 1. The molecule has 1 saturated heterocycles. The average Bonchev–Trinajstić information content (AvgIpc) is 3.23. The molecule has 0 bridgehead atoms. The van der Waals surface area contributed by atoms with Crippen LogP contribution in [-0.2, 0) is 10.0 Å². The van der Waals surface area contributed by atoms with Gasteiger partial charge < -0.3 is 5.32 Å². The quantitative estimate of drug-likeness (QED) is 0.419. The molecule has 3 heterocycles. The van der Waals surface area contributed by atoms with Crippen molar-refractivity contribution in [1.29, 1.82) is 0 Å². The summed E-state index contributed by atoms with van der Waals surface area (Å²) in [5.74, 6) is 0.0526. The number of aromatic nitrogens is 2. The van der Waals surface area contributed by atoms with E-state index in [1.807, 2.05) is 54.7 Å². The van der Waals surface area contributed by atoms with Gasteiger partial charge in [0, 0.05) is 30.4 Å². The molecule has 0 unspecified atom stereocenters. The van der Waals surface area contributed by atoms with E-state index < -0.39 is 15.9 Å². The molecular weight excluding hydrogens is 472 g/mol. The SMILES string of the molecule is O=C(Nc1c(-c2ccccc2)nc2ccccn12)c1ccc(Cl)c(S(=O)(=O)N2CCCCC2)c1. The van der Waals surface area contributed by atoms with Crippen LogP contribution in [0.3, 0.4) is 0 Å². The maximum atomic E-state index is 13.3. The number of anilines is 1. The highest BCUT2D eigenvalue weighted by Crippen LogP contribution is 2.31. The van der Waals surface area contributed by atoms with Gasteiger partial charge in [-0.3, -0.25) is 9.20 Å². The first-order valence-corrected chi connectivity index (χ1v) is 12.9. The van der Waals surface area contributed by atoms with Crippen LogP contribution in [0.15, 0.2) is 77.8 Å². The van der Waals surface area contributed by atoms with E-state index >= 15 is 0 Å². The highest BCUT2D eigenvalue weighted by atomic mass is 35.5. The number of imidazole rings is 1. The van der Waals surface area contributed by atoms with E-state index in [0.717, 1.165) is 24.8 Å². The Morgan fingerprint density at radius 1 is 0.941 bits per heavy atom. The minimum absolute atomic E-state index is 0.0508. The molecule has 1 fully saturated rings. The summed E-state index contributed by atoms with van der Waals surface area (Å²) >= 11 is 6.28. The van der Waals surface area contributed by atoms with E-state index in [9.17, 15) is 13.2 Å². The summed E-state index contributed by atoms with van der Waals surface area (Å²) in [7, 11) is -3.79. The van der Waals surface area contributed by atoms with Gasteiger partial charge in [-0.05, 0) is 43.2 Å². The molecule has 1 aliphatic rings. The normalized spacial score (nSPS) is 14.9. The van der Waals surface area contributed by atoms with Gasteiger partial charge in [0.05, 0.1) is 5.02 Å². The van der Waals surface area contributed by atoms with E-state index in [1.54, 1.807) is 4.40 Å². The maximum Gasteiger partial charge on any atom is 0.256 e. The first-order chi connectivity index (χ1) is 16.4. The molecule has 2 aromatic heterocycles. The van der Waals surface area contributed by atoms with Gasteiger partial charge in [-0.15, -0.1) is 0 Å². The Balaban J connectivity index is 1.52. The van der Waals surface area contributed by atoms with Crippen LogP contribution in [0.2, 0.25) is 5.02 Å². The Morgan fingerprint density at radius 2 is 1.68 bits per heavy atom. The van der Waals surface area contributed by atoms with Crippen molar-refractivity contribution in [3.63, 3.8) is 0 Å². The number of sulfonamides is 1. The van der Waals surface area contributed by atoms with Gasteiger partial charge in [-0.25, -0.2) is 13.4 Å². The summed E-state index contributed by atoms with van der Waals surface area (Å²) in [4.78, 5) is 17.9. The zero-order valence-corrected chi connectivity index (χ0v) is 19.9. The fraction of sp³-hybridized carbons (Fsp3) is 0.200. The standard InChI is InChI=1S/C25H23ClN4O3S/c26-20-13-12-19(17-21(20)34(32,33)29-14-6-2-7-15-29)25(31)28-24-23(18-9-3-1-4-10-18)27-22-11-5-8-16-30(22)24/h1,3-5,8-13,16-17H,2,6-7,14-15H2,(H,28,31). The smallest absolute Gasteiger partial charge is 0.256 e. The summed E-state index contributed by atoms with van der Waals surface area (Å²) in [6.45, 7) is 0.911. The Hall–Kier alpha value is -3.20. The van der Waals surface area contributed by atoms with Gasteiger partial charge in [-0.2, -0.15) is 4.31 Å². The molecule has 4 aromatic rings. The molecule has 0 atom stereocenters. The molecule has 0 saturated carbocycles. The number of fused-ring (bicyclic) bond motifs is 1. The Bertz CT molecular complexity index is 1460. The minimum Gasteiger partial charge on any atom is -0.306 e. The van der Waals surface area contributed by atoms with Gasteiger partial charge in [0.15, 0.2) is 0 Å². The molecule has 9 heteroatoms. The largest absolute Gasteiger partial charge is 0.306 e. The molecule has 34 heavy (non-hydrogen) atoms. The third-order valence-corrected chi connectivity index (χ3v) is 8.32. The number of rotatable bonds is 5. The topological polar surface area (TPSA) is 83.8 Å². The number of nitrogens with zero attached hydrogens (tertiary/aromatic N) is 3. The van der Waals surface area contributed by atoms with Crippen molar-refractivity contribution in [2.24, 2.45) is 0 Å². The van der Waals surface area contributed by atoms with Crippen molar-refractivity contribution in [3.05, 3.63) is 83.5 Å². The summed E-state index contributed by atoms with van der Waals surface area (Å²) in [5, 5.41) is 3.03. The van der Waals surface area contributed by atoms with Gasteiger partial charge in [0.25, 0.3) is 5.91 Å².